The molecule has 32 heavy (non-hydrogen) atoms. The number of carbonyl (C=O) groups is 2. The first-order chi connectivity index (χ1) is 15.5. The molecule has 0 aliphatic carbocycles. The summed E-state index contributed by atoms with van der Waals surface area (Å²) in [6.07, 6.45) is 0. The van der Waals surface area contributed by atoms with Gasteiger partial charge in [0.2, 0.25) is 11.8 Å². The van der Waals surface area contributed by atoms with Crippen LogP contribution in [0.15, 0.2) is 78.9 Å². The number of halogens is 1. The molecule has 1 saturated heterocycles. The highest BCUT2D eigenvalue weighted by Crippen LogP contribution is 2.31. The highest BCUT2D eigenvalue weighted by Gasteiger charge is 2.24. The zero-order chi connectivity index (χ0) is 22.5. The number of hydrogen-bond acceptors (Lipinski definition) is 3. The van der Waals surface area contributed by atoms with E-state index in [-0.39, 0.29) is 11.8 Å². The molecule has 6 heteroatoms. The monoisotopic (exact) mass is 447 g/mol. The maximum atomic E-state index is 13.3. The van der Waals surface area contributed by atoms with Crippen molar-refractivity contribution in [2.24, 2.45) is 0 Å². The predicted octanol–water partition coefficient (Wildman–Crippen LogP) is 4.78. The van der Waals surface area contributed by atoms with Crippen LogP contribution < -0.4 is 10.2 Å². The summed E-state index contributed by atoms with van der Waals surface area (Å²) in [6.45, 7) is 4.42. The number of amides is 2. The van der Waals surface area contributed by atoms with E-state index in [1.165, 1.54) is 0 Å². The van der Waals surface area contributed by atoms with Gasteiger partial charge >= 0.3 is 0 Å². The van der Waals surface area contributed by atoms with Crippen LogP contribution in [0.5, 0.6) is 0 Å². The van der Waals surface area contributed by atoms with Gasteiger partial charge < -0.3 is 15.1 Å². The van der Waals surface area contributed by atoms with Gasteiger partial charge in [-0.1, -0.05) is 72.3 Å². The van der Waals surface area contributed by atoms with Gasteiger partial charge in [-0.3, -0.25) is 9.59 Å². The molecular formula is C26H26ClN3O2. The molecule has 0 spiro atoms. The molecule has 3 aromatic rings. The maximum Gasteiger partial charge on any atom is 0.236 e. The molecule has 1 N–H and O–H groups in total. The lowest BCUT2D eigenvalue weighted by molar-refractivity contribution is -0.129. The smallest absolute Gasteiger partial charge is 0.236 e. The zero-order valence-electron chi connectivity index (χ0n) is 18.0. The number of rotatable bonds is 5. The van der Waals surface area contributed by atoms with Crippen LogP contribution >= 0.6 is 11.6 Å². The molecule has 1 aliphatic heterocycles. The molecule has 0 unspecified atom stereocenters. The van der Waals surface area contributed by atoms with Crippen molar-refractivity contribution in [1.82, 2.24) is 4.90 Å². The Bertz CT molecular complexity index is 1040. The molecule has 0 saturated carbocycles. The minimum absolute atomic E-state index is 0.0974. The minimum Gasteiger partial charge on any atom is -0.367 e. The van der Waals surface area contributed by atoms with E-state index >= 15 is 0 Å². The van der Waals surface area contributed by atoms with E-state index in [0.717, 1.165) is 29.9 Å². The topological polar surface area (TPSA) is 52.7 Å². The van der Waals surface area contributed by atoms with Crippen LogP contribution in [0.2, 0.25) is 5.02 Å². The largest absolute Gasteiger partial charge is 0.367 e. The number of carbonyl (C=O) groups excluding carboxylic acids is 2. The number of hydrogen-bond donors (Lipinski definition) is 1. The third-order valence-corrected chi connectivity index (χ3v) is 6.11. The molecule has 1 fully saturated rings. The Labute approximate surface area is 193 Å². The fraction of sp³-hybridized carbons (Fsp3) is 0.231. The number of benzene rings is 3. The Morgan fingerprint density at radius 1 is 0.844 bits per heavy atom. The number of piperazine rings is 1. The van der Waals surface area contributed by atoms with E-state index < -0.39 is 5.92 Å². The summed E-state index contributed by atoms with van der Waals surface area (Å²) in [4.78, 5) is 28.9. The van der Waals surface area contributed by atoms with Gasteiger partial charge in [0.15, 0.2) is 0 Å². The van der Waals surface area contributed by atoms with Gasteiger partial charge in [0.1, 0.15) is 0 Å². The van der Waals surface area contributed by atoms with E-state index in [0.29, 0.717) is 23.8 Å². The molecule has 5 nitrogen and oxygen atoms in total. The Balaban J connectivity index is 1.51. The van der Waals surface area contributed by atoms with Gasteiger partial charge in [0, 0.05) is 38.8 Å². The molecule has 1 aliphatic rings. The quantitative estimate of drug-likeness (QED) is 0.612. The minimum atomic E-state index is -0.421. The van der Waals surface area contributed by atoms with Crippen molar-refractivity contribution in [2.75, 3.05) is 36.4 Å². The lowest BCUT2D eigenvalue weighted by Gasteiger charge is -2.36. The zero-order valence-corrected chi connectivity index (χ0v) is 18.8. The summed E-state index contributed by atoms with van der Waals surface area (Å²) in [5.74, 6) is -0.433. The molecule has 1 heterocycles. The lowest BCUT2D eigenvalue weighted by atomic mass is 9.90. The number of nitrogens with one attached hydrogen (secondary N) is 1. The third kappa shape index (κ3) is 4.94. The van der Waals surface area contributed by atoms with Crippen LogP contribution in [0.3, 0.4) is 0 Å². The maximum absolute atomic E-state index is 13.3. The van der Waals surface area contributed by atoms with Crippen molar-refractivity contribution in [3.05, 3.63) is 95.0 Å². The normalized spacial score (nSPS) is 13.8. The molecule has 0 atom stereocenters. The molecule has 2 amide bonds. The van der Waals surface area contributed by atoms with Crippen LogP contribution in [0.4, 0.5) is 11.4 Å². The van der Waals surface area contributed by atoms with E-state index in [4.69, 9.17) is 11.6 Å². The van der Waals surface area contributed by atoms with E-state index in [2.05, 4.69) is 10.2 Å². The van der Waals surface area contributed by atoms with Crippen molar-refractivity contribution in [3.8, 4) is 0 Å². The molecule has 164 valence electrons. The summed E-state index contributed by atoms with van der Waals surface area (Å²) in [7, 11) is 0. The first-order valence-electron chi connectivity index (χ1n) is 10.7. The summed E-state index contributed by atoms with van der Waals surface area (Å²) in [5.41, 5.74) is 3.43. The second kappa shape index (κ2) is 9.88. The molecule has 0 bridgehead atoms. The van der Waals surface area contributed by atoms with Gasteiger partial charge in [-0.05, 0) is 29.3 Å². The SMILES string of the molecule is CC(=O)N1CCN(c2ccc(NC(=O)C(c3ccccc3)c3ccccc3)cc2Cl)CC1. The highest BCUT2D eigenvalue weighted by molar-refractivity contribution is 6.33. The van der Waals surface area contributed by atoms with E-state index in [1.54, 1.807) is 13.0 Å². The highest BCUT2D eigenvalue weighted by atomic mass is 35.5. The van der Waals surface area contributed by atoms with Gasteiger partial charge in [-0.25, -0.2) is 0 Å². The lowest BCUT2D eigenvalue weighted by Crippen LogP contribution is -2.48. The first-order valence-corrected chi connectivity index (χ1v) is 11.1. The summed E-state index contributed by atoms with van der Waals surface area (Å²) >= 11 is 6.59. The summed E-state index contributed by atoms with van der Waals surface area (Å²) in [6, 6.07) is 25.1. The Hall–Kier alpha value is -3.31. The van der Waals surface area contributed by atoms with Crippen molar-refractivity contribution in [3.63, 3.8) is 0 Å². The van der Waals surface area contributed by atoms with Gasteiger partial charge in [0.05, 0.1) is 16.6 Å². The second-order valence-electron chi connectivity index (χ2n) is 7.90. The van der Waals surface area contributed by atoms with Crippen molar-refractivity contribution in [1.29, 1.82) is 0 Å². The van der Waals surface area contributed by atoms with E-state index in [9.17, 15) is 9.59 Å². The third-order valence-electron chi connectivity index (χ3n) is 5.81. The molecular weight excluding hydrogens is 422 g/mol. The van der Waals surface area contributed by atoms with Crippen molar-refractivity contribution < 1.29 is 9.59 Å². The fourth-order valence-corrected chi connectivity index (χ4v) is 4.40. The summed E-state index contributed by atoms with van der Waals surface area (Å²) < 4.78 is 0. The Morgan fingerprint density at radius 2 is 1.41 bits per heavy atom. The standard InChI is InChI=1S/C26H26ClN3O2/c1-19(31)29-14-16-30(17-15-29)24-13-12-22(18-23(24)27)28-26(32)25(20-8-4-2-5-9-20)21-10-6-3-7-11-21/h2-13,18,25H,14-17H2,1H3,(H,28,32). The molecule has 0 aromatic heterocycles. The number of anilines is 2. The van der Waals surface area contributed by atoms with Crippen LogP contribution in [-0.4, -0.2) is 42.9 Å². The predicted molar refractivity (Wildman–Crippen MR) is 129 cm³/mol. The van der Waals surface area contributed by atoms with Gasteiger partial charge in [-0.15, -0.1) is 0 Å². The van der Waals surface area contributed by atoms with Gasteiger partial charge in [0.25, 0.3) is 0 Å². The Kier molecular flexibility index (Phi) is 6.76. The van der Waals surface area contributed by atoms with Crippen molar-refractivity contribution >= 4 is 34.8 Å². The average molecular weight is 448 g/mol. The molecule has 3 aromatic carbocycles. The summed E-state index contributed by atoms with van der Waals surface area (Å²) in [5, 5.41) is 3.62. The van der Waals surface area contributed by atoms with Crippen LogP contribution in [0, 0.1) is 0 Å². The van der Waals surface area contributed by atoms with Crippen molar-refractivity contribution in [2.45, 2.75) is 12.8 Å². The van der Waals surface area contributed by atoms with Gasteiger partial charge in [-0.2, -0.15) is 0 Å². The van der Waals surface area contributed by atoms with Crippen LogP contribution in [0.25, 0.3) is 0 Å². The first kappa shape index (κ1) is 21.9. The average Bonchev–Trinajstić information content (AvgIpc) is 2.81. The molecule has 4 rings (SSSR count). The second-order valence-corrected chi connectivity index (χ2v) is 8.31. The van der Waals surface area contributed by atoms with Crippen LogP contribution in [0.1, 0.15) is 24.0 Å². The van der Waals surface area contributed by atoms with Crippen LogP contribution in [-0.2, 0) is 9.59 Å². The Morgan fingerprint density at radius 3 is 1.91 bits per heavy atom. The molecule has 0 radical (unpaired) electrons. The number of nitrogens with zero attached hydrogens (tertiary/aromatic N) is 2. The van der Waals surface area contributed by atoms with E-state index in [1.807, 2.05) is 77.7 Å². The fourth-order valence-electron chi connectivity index (χ4n) is 4.10.